The van der Waals surface area contributed by atoms with Gasteiger partial charge in [0.05, 0.1) is 47.0 Å². The predicted molar refractivity (Wildman–Crippen MR) is 98.8 cm³/mol. The van der Waals surface area contributed by atoms with Gasteiger partial charge in [-0.3, -0.25) is 0 Å². The molecule has 23 heavy (non-hydrogen) atoms. The highest BCUT2D eigenvalue weighted by atomic mass is 32.1. The van der Waals surface area contributed by atoms with E-state index in [1.165, 1.54) is 15.9 Å². The summed E-state index contributed by atoms with van der Waals surface area (Å²) in [5.41, 5.74) is 0.443. The number of para-hydroxylation sites is 1. The third-order valence-electron chi connectivity index (χ3n) is 3.61. The summed E-state index contributed by atoms with van der Waals surface area (Å²) in [5.74, 6) is -0.273. The van der Waals surface area contributed by atoms with Crippen LogP contribution in [0.15, 0.2) is 24.3 Å². The summed E-state index contributed by atoms with van der Waals surface area (Å²) in [6.07, 6.45) is 2.13. The largest absolute Gasteiger partial charge is 0.349 e. The van der Waals surface area contributed by atoms with Crippen molar-refractivity contribution in [3.63, 3.8) is 0 Å². The van der Waals surface area contributed by atoms with Crippen molar-refractivity contribution in [2.24, 2.45) is 0 Å². The molecule has 0 saturated carbocycles. The van der Waals surface area contributed by atoms with Crippen LogP contribution in [0.25, 0.3) is 0 Å². The van der Waals surface area contributed by atoms with Crippen molar-refractivity contribution in [2.45, 2.75) is 12.8 Å². The third-order valence-corrected chi connectivity index (χ3v) is 3.97. The third kappa shape index (κ3) is 8.25. The van der Waals surface area contributed by atoms with E-state index in [4.69, 9.17) is 12.2 Å². The molecule has 1 aromatic carbocycles. The maximum Gasteiger partial charge on any atom is 0.173 e. The van der Waals surface area contributed by atoms with Crippen molar-refractivity contribution in [3.8, 4) is 0 Å². The molecular weight excluding hydrogens is 311 g/mol. The van der Waals surface area contributed by atoms with Crippen LogP contribution < -0.4 is 15.1 Å². The van der Waals surface area contributed by atoms with Crippen molar-refractivity contribution >= 4 is 23.0 Å². The van der Waals surface area contributed by atoms with E-state index >= 15 is 0 Å². The fourth-order valence-corrected chi connectivity index (χ4v) is 2.61. The maximum atomic E-state index is 13.8. The van der Waals surface area contributed by atoms with Crippen LogP contribution in [0.1, 0.15) is 12.8 Å². The topological polar surface area (TPSA) is 24.1 Å². The minimum absolute atomic E-state index is 0.273. The number of rotatable bonds is 9. The maximum absolute atomic E-state index is 13.8. The van der Waals surface area contributed by atoms with Crippen LogP contribution in [-0.2, 0) is 0 Å². The molecule has 1 rings (SSSR count). The Morgan fingerprint density at radius 2 is 1.57 bits per heavy atom. The first kappa shape index (κ1) is 19.8. The summed E-state index contributed by atoms with van der Waals surface area (Å²) in [7, 11) is 8.59. The number of halogens is 1. The van der Waals surface area contributed by atoms with Crippen LogP contribution in [0.3, 0.4) is 0 Å². The molecule has 1 aromatic rings. The standard InChI is InChI=1S/C17H29FN4S/c1-20(2)11-7-13-22(14-8-12-21(3)4)17(23)19-16-10-6-5-9-15(16)18/h5-6,9-10H,7-8,11-14H2,1-4H3,(H,19,23)/p+2. The van der Waals surface area contributed by atoms with Crippen molar-refractivity contribution in [1.82, 2.24) is 4.90 Å². The van der Waals surface area contributed by atoms with Gasteiger partial charge in [0.25, 0.3) is 0 Å². The lowest BCUT2D eigenvalue weighted by atomic mass is 10.3. The zero-order valence-corrected chi connectivity index (χ0v) is 15.6. The van der Waals surface area contributed by atoms with Crippen LogP contribution in [0.2, 0.25) is 0 Å². The summed E-state index contributed by atoms with van der Waals surface area (Å²) >= 11 is 5.51. The van der Waals surface area contributed by atoms with Gasteiger partial charge in [-0.1, -0.05) is 12.1 Å². The molecular formula is C17H31FN4S+2. The zero-order chi connectivity index (χ0) is 17.2. The van der Waals surface area contributed by atoms with E-state index < -0.39 is 0 Å². The molecule has 0 aromatic heterocycles. The number of hydrogen-bond donors (Lipinski definition) is 3. The highest BCUT2D eigenvalue weighted by Gasteiger charge is 2.12. The Morgan fingerprint density at radius 3 is 2.04 bits per heavy atom. The highest BCUT2D eigenvalue weighted by Crippen LogP contribution is 2.13. The molecule has 0 aliphatic carbocycles. The number of benzene rings is 1. The fourth-order valence-electron chi connectivity index (χ4n) is 2.32. The second kappa shape index (κ2) is 10.5. The van der Waals surface area contributed by atoms with E-state index in [1.807, 2.05) is 6.07 Å². The Morgan fingerprint density at radius 1 is 1.04 bits per heavy atom. The lowest BCUT2D eigenvalue weighted by molar-refractivity contribution is -0.858. The van der Waals surface area contributed by atoms with Crippen LogP contribution >= 0.6 is 12.2 Å². The molecule has 0 saturated heterocycles. The molecule has 0 unspecified atom stereocenters. The molecule has 0 aliphatic heterocycles. The van der Waals surface area contributed by atoms with Gasteiger partial charge in [0, 0.05) is 25.9 Å². The van der Waals surface area contributed by atoms with Gasteiger partial charge in [0.15, 0.2) is 5.11 Å². The number of hydrogen-bond acceptors (Lipinski definition) is 1. The van der Waals surface area contributed by atoms with Crippen LogP contribution in [0, 0.1) is 5.82 Å². The second-order valence-electron chi connectivity index (χ2n) is 6.52. The summed E-state index contributed by atoms with van der Waals surface area (Å²) in [6, 6.07) is 6.65. The van der Waals surface area contributed by atoms with Gasteiger partial charge >= 0.3 is 0 Å². The Labute approximate surface area is 145 Å². The van der Waals surface area contributed by atoms with Gasteiger partial charge in [-0.25, -0.2) is 4.39 Å². The van der Waals surface area contributed by atoms with E-state index in [-0.39, 0.29) is 5.82 Å². The molecule has 0 radical (unpaired) electrons. The van der Waals surface area contributed by atoms with E-state index in [1.54, 1.807) is 12.1 Å². The predicted octanol–water partition coefficient (Wildman–Crippen LogP) is -0.106. The monoisotopic (exact) mass is 342 g/mol. The van der Waals surface area contributed by atoms with Gasteiger partial charge in [0.1, 0.15) is 5.82 Å². The molecule has 0 bridgehead atoms. The average molecular weight is 343 g/mol. The first-order chi connectivity index (χ1) is 10.9. The second-order valence-corrected chi connectivity index (χ2v) is 6.91. The summed E-state index contributed by atoms with van der Waals surface area (Å²) in [6.45, 7) is 3.98. The minimum atomic E-state index is -0.273. The number of quaternary nitrogens is 2. The summed E-state index contributed by atoms with van der Waals surface area (Å²) in [5, 5.41) is 3.66. The average Bonchev–Trinajstić information content (AvgIpc) is 2.47. The smallest absolute Gasteiger partial charge is 0.173 e. The summed E-state index contributed by atoms with van der Waals surface area (Å²) < 4.78 is 13.8. The molecule has 0 aliphatic rings. The molecule has 0 fully saturated rings. The highest BCUT2D eigenvalue weighted by molar-refractivity contribution is 7.80. The SMILES string of the molecule is C[NH+](C)CCCN(CCC[NH+](C)C)C(=S)Nc1ccccc1F. The zero-order valence-electron chi connectivity index (χ0n) is 14.8. The van der Waals surface area contributed by atoms with E-state index in [9.17, 15) is 4.39 Å². The molecule has 0 atom stereocenters. The number of nitrogens with one attached hydrogen (secondary N) is 3. The van der Waals surface area contributed by atoms with Gasteiger partial charge < -0.3 is 20.0 Å². The van der Waals surface area contributed by atoms with Gasteiger partial charge in [-0.2, -0.15) is 0 Å². The van der Waals surface area contributed by atoms with Crippen LogP contribution in [0.5, 0.6) is 0 Å². The number of nitrogens with zero attached hydrogens (tertiary/aromatic N) is 1. The number of anilines is 1. The molecule has 0 heterocycles. The van der Waals surface area contributed by atoms with Crippen molar-refractivity contribution in [3.05, 3.63) is 30.1 Å². The van der Waals surface area contributed by atoms with Crippen molar-refractivity contribution in [1.29, 1.82) is 0 Å². The lowest BCUT2D eigenvalue weighted by Crippen LogP contribution is -3.05. The van der Waals surface area contributed by atoms with Crippen molar-refractivity contribution < 1.29 is 14.2 Å². The van der Waals surface area contributed by atoms with Crippen LogP contribution in [0.4, 0.5) is 10.1 Å². The molecule has 0 spiro atoms. The molecule has 0 amide bonds. The van der Waals surface area contributed by atoms with Gasteiger partial charge in [-0.15, -0.1) is 0 Å². The molecule has 130 valence electrons. The Balaban J connectivity index is 2.60. The Hall–Kier alpha value is -1.24. The minimum Gasteiger partial charge on any atom is -0.349 e. The van der Waals surface area contributed by atoms with E-state index in [2.05, 4.69) is 38.4 Å². The van der Waals surface area contributed by atoms with Gasteiger partial charge in [-0.05, 0) is 24.4 Å². The molecule has 6 heteroatoms. The van der Waals surface area contributed by atoms with Crippen molar-refractivity contribution in [2.75, 3.05) is 59.7 Å². The Kier molecular flexibility index (Phi) is 9.06. The van der Waals surface area contributed by atoms with E-state index in [0.717, 1.165) is 39.0 Å². The first-order valence-electron chi connectivity index (χ1n) is 8.28. The quantitative estimate of drug-likeness (QED) is 0.546. The summed E-state index contributed by atoms with van der Waals surface area (Å²) in [4.78, 5) is 5.01. The first-order valence-corrected chi connectivity index (χ1v) is 8.69. The van der Waals surface area contributed by atoms with E-state index in [0.29, 0.717) is 10.8 Å². The molecule has 4 nitrogen and oxygen atoms in total. The van der Waals surface area contributed by atoms with Gasteiger partial charge in [0.2, 0.25) is 0 Å². The van der Waals surface area contributed by atoms with Crippen LogP contribution in [-0.4, -0.2) is 64.4 Å². The number of thiocarbonyl (C=S) groups is 1. The lowest BCUT2D eigenvalue weighted by Gasteiger charge is -2.26. The normalized spacial score (nSPS) is 11.1. The fraction of sp³-hybridized carbons (Fsp3) is 0.588. The molecule has 3 N–H and O–H groups in total. The Bertz CT molecular complexity index is 465.